The molecule has 6 heteroatoms. The Hall–Kier alpha value is -1.53. The van der Waals surface area contributed by atoms with E-state index in [1.165, 1.54) is 42.9 Å². The highest BCUT2D eigenvalue weighted by Gasteiger charge is 2.43. The second-order valence-corrected chi connectivity index (χ2v) is 8.19. The molecule has 128 valence electrons. The van der Waals surface area contributed by atoms with Crippen LogP contribution in [0, 0.1) is 13.8 Å². The maximum absolute atomic E-state index is 4.67. The molecule has 0 N–H and O–H groups in total. The summed E-state index contributed by atoms with van der Waals surface area (Å²) >= 11 is 1.76. The summed E-state index contributed by atoms with van der Waals surface area (Å²) < 4.78 is 0. The number of hydrogen-bond donors (Lipinski definition) is 0. The van der Waals surface area contributed by atoms with Crippen molar-refractivity contribution in [3.63, 3.8) is 0 Å². The minimum absolute atomic E-state index is 0.367. The first-order valence-electron chi connectivity index (χ1n) is 8.86. The van der Waals surface area contributed by atoms with Crippen LogP contribution in [-0.4, -0.2) is 45.3 Å². The van der Waals surface area contributed by atoms with Gasteiger partial charge in [0.05, 0.1) is 16.4 Å². The van der Waals surface area contributed by atoms with E-state index in [-0.39, 0.29) is 0 Å². The van der Waals surface area contributed by atoms with Crippen molar-refractivity contribution in [1.29, 1.82) is 0 Å². The summed E-state index contributed by atoms with van der Waals surface area (Å²) in [5.41, 5.74) is 2.59. The lowest BCUT2D eigenvalue weighted by Crippen LogP contribution is -2.52. The van der Waals surface area contributed by atoms with Crippen molar-refractivity contribution < 1.29 is 0 Å². The minimum Gasteiger partial charge on any atom is -0.355 e. The predicted octanol–water partition coefficient (Wildman–Crippen LogP) is 3.18. The molecule has 0 amide bonds. The first kappa shape index (κ1) is 16.0. The van der Waals surface area contributed by atoms with Crippen molar-refractivity contribution in [3.8, 4) is 0 Å². The molecule has 0 bridgehead atoms. The van der Waals surface area contributed by atoms with Gasteiger partial charge in [0.2, 0.25) is 0 Å². The Balaban J connectivity index is 1.43. The molecule has 4 heterocycles. The van der Waals surface area contributed by atoms with Crippen LogP contribution in [-0.2, 0) is 6.54 Å². The Morgan fingerprint density at radius 2 is 1.92 bits per heavy atom. The molecule has 2 aromatic rings. The molecule has 0 saturated carbocycles. The molecule has 0 unspecified atom stereocenters. The standard InChI is InChI=1S/C18H25N5S/c1-14-4-5-17(21-20-14)22-10-7-18(8-11-22)6-3-9-23(18)12-16-13-24-15(2)19-16/h4-5,13H,3,6-12H2,1-2H3. The van der Waals surface area contributed by atoms with Crippen LogP contribution in [0.15, 0.2) is 17.5 Å². The number of aryl methyl sites for hydroxylation is 2. The van der Waals surface area contributed by atoms with Crippen molar-refractivity contribution >= 4 is 17.2 Å². The molecule has 2 aliphatic heterocycles. The molecular formula is C18H25N5S. The molecule has 0 radical (unpaired) electrons. The largest absolute Gasteiger partial charge is 0.355 e. The molecular weight excluding hydrogens is 318 g/mol. The summed E-state index contributed by atoms with van der Waals surface area (Å²) in [5, 5.41) is 12.0. The van der Waals surface area contributed by atoms with E-state index in [1.807, 2.05) is 6.92 Å². The lowest BCUT2D eigenvalue weighted by Gasteiger charge is -2.45. The molecule has 1 spiro atoms. The van der Waals surface area contributed by atoms with Crippen LogP contribution in [0.4, 0.5) is 5.82 Å². The predicted molar refractivity (Wildman–Crippen MR) is 97.4 cm³/mol. The highest BCUT2D eigenvalue weighted by atomic mass is 32.1. The van der Waals surface area contributed by atoms with Gasteiger partial charge in [0.25, 0.3) is 0 Å². The molecule has 0 aromatic carbocycles. The Morgan fingerprint density at radius 1 is 1.08 bits per heavy atom. The van der Waals surface area contributed by atoms with Crippen LogP contribution < -0.4 is 4.90 Å². The topological polar surface area (TPSA) is 45.2 Å². The monoisotopic (exact) mass is 343 g/mol. The number of piperidine rings is 1. The second kappa shape index (κ2) is 6.41. The quantitative estimate of drug-likeness (QED) is 0.856. The fourth-order valence-electron chi connectivity index (χ4n) is 4.20. The number of aromatic nitrogens is 3. The van der Waals surface area contributed by atoms with Crippen molar-refractivity contribution in [2.75, 3.05) is 24.5 Å². The zero-order valence-corrected chi connectivity index (χ0v) is 15.3. The van der Waals surface area contributed by atoms with Crippen LogP contribution in [0.2, 0.25) is 0 Å². The summed E-state index contributed by atoms with van der Waals surface area (Å²) in [5.74, 6) is 1.02. The number of nitrogens with zero attached hydrogens (tertiary/aromatic N) is 5. The Kier molecular flexibility index (Phi) is 4.26. The van der Waals surface area contributed by atoms with Gasteiger partial charge in [0, 0.05) is 30.6 Å². The van der Waals surface area contributed by atoms with Crippen LogP contribution in [0.1, 0.15) is 42.1 Å². The second-order valence-electron chi connectivity index (χ2n) is 7.13. The van der Waals surface area contributed by atoms with Gasteiger partial charge in [-0.25, -0.2) is 4.98 Å². The summed E-state index contributed by atoms with van der Waals surface area (Å²) in [7, 11) is 0. The van der Waals surface area contributed by atoms with E-state index in [9.17, 15) is 0 Å². The smallest absolute Gasteiger partial charge is 0.151 e. The average Bonchev–Trinajstić information content (AvgIpc) is 3.17. The van der Waals surface area contributed by atoms with Crippen molar-refractivity contribution in [2.45, 2.75) is 51.6 Å². The third-order valence-electron chi connectivity index (χ3n) is 5.56. The van der Waals surface area contributed by atoms with Crippen molar-refractivity contribution in [3.05, 3.63) is 33.9 Å². The van der Waals surface area contributed by atoms with Gasteiger partial charge >= 0.3 is 0 Å². The number of hydrogen-bond acceptors (Lipinski definition) is 6. The summed E-state index contributed by atoms with van der Waals surface area (Å²) in [6.07, 6.45) is 5.06. The third kappa shape index (κ3) is 3.05. The molecule has 2 saturated heterocycles. The lowest BCUT2D eigenvalue weighted by atomic mass is 9.85. The fraction of sp³-hybridized carbons (Fsp3) is 0.611. The molecule has 2 aromatic heterocycles. The summed E-state index contributed by atoms with van der Waals surface area (Å²) in [4.78, 5) is 9.76. The number of thiazole rings is 1. The van der Waals surface area contributed by atoms with E-state index < -0.39 is 0 Å². The lowest BCUT2D eigenvalue weighted by molar-refractivity contribution is 0.0984. The van der Waals surface area contributed by atoms with E-state index in [0.29, 0.717) is 5.54 Å². The summed E-state index contributed by atoms with van der Waals surface area (Å²) in [6.45, 7) is 8.44. The maximum Gasteiger partial charge on any atom is 0.151 e. The van der Waals surface area contributed by atoms with Gasteiger partial charge in [0.1, 0.15) is 0 Å². The van der Waals surface area contributed by atoms with Gasteiger partial charge in [-0.15, -0.1) is 16.4 Å². The average molecular weight is 344 g/mol. The Morgan fingerprint density at radius 3 is 2.58 bits per heavy atom. The summed E-state index contributed by atoms with van der Waals surface area (Å²) in [6, 6.07) is 4.16. The Bertz CT molecular complexity index is 688. The molecule has 24 heavy (non-hydrogen) atoms. The van der Waals surface area contributed by atoms with Gasteiger partial charge in [-0.2, -0.15) is 5.10 Å². The molecule has 4 rings (SSSR count). The molecule has 0 atom stereocenters. The van der Waals surface area contributed by atoms with Crippen LogP contribution in [0.5, 0.6) is 0 Å². The van der Waals surface area contributed by atoms with Crippen LogP contribution in [0.25, 0.3) is 0 Å². The first-order valence-corrected chi connectivity index (χ1v) is 9.74. The van der Waals surface area contributed by atoms with Crippen LogP contribution >= 0.6 is 11.3 Å². The van der Waals surface area contributed by atoms with Crippen molar-refractivity contribution in [2.24, 2.45) is 0 Å². The zero-order chi connectivity index (χ0) is 16.6. The van der Waals surface area contributed by atoms with Gasteiger partial charge < -0.3 is 4.90 Å². The Labute approximate surface area is 147 Å². The van der Waals surface area contributed by atoms with E-state index in [1.54, 1.807) is 11.3 Å². The van der Waals surface area contributed by atoms with Gasteiger partial charge in [0.15, 0.2) is 5.82 Å². The van der Waals surface area contributed by atoms with Gasteiger partial charge in [-0.05, 0) is 58.2 Å². The maximum atomic E-state index is 4.67. The SMILES string of the molecule is Cc1ccc(N2CCC3(CCCN3Cc3csc(C)n3)CC2)nn1. The van der Waals surface area contributed by atoms with E-state index >= 15 is 0 Å². The normalized spacial score (nSPS) is 20.8. The van der Waals surface area contributed by atoms with Crippen molar-refractivity contribution in [1.82, 2.24) is 20.1 Å². The number of rotatable bonds is 3. The van der Waals surface area contributed by atoms with E-state index in [2.05, 4.69) is 49.4 Å². The highest BCUT2D eigenvalue weighted by molar-refractivity contribution is 7.09. The molecule has 2 fully saturated rings. The number of likely N-dealkylation sites (tertiary alicyclic amines) is 1. The van der Waals surface area contributed by atoms with E-state index in [4.69, 9.17) is 0 Å². The molecule has 5 nitrogen and oxygen atoms in total. The zero-order valence-electron chi connectivity index (χ0n) is 14.5. The molecule has 0 aliphatic carbocycles. The highest BCUT2D eigenvalue weighted by Crippen LogP contribution is 2.40. The third-order valence-corrected chi connectivity index (χ3v) is 6.38. The van der Waals surface area contributed by atoms with Gasteiger partial charge in [-0.3, -0.25) is 4.90 Å². The molecule has 2 aliphatic rings. The fourth-order valence-corrected chi connectivity index (χ4v) is 4.80. The van der Waals surface area contributed by atoms with Crippen LogP contribution in [0.3, 0.4) is 0 Å². The number of anilines is 1. The van der Waals surface area contributed by atoms with E-state index in [0.717, 1.165) is 31.1 Å². The first-order chi connectivity index (χ1) is 11.6. The van der Waals surface area contributed by atoms with Gasteiger partial charge in [-0.1, -0.05) is 0 Å². The minimum atomic E-state index is 0.367.